The van der Waals surface area contributed by atoms with Gasteiger partial charge in [0, 0.05) is 18.8 Å². The van der Waals surface area contributed by atoms with Crippen molar-refractivity contribution in [3.8, 4) is 0 Å². The molecule has 2 fully saturated rings. The van der Waals surface area contributed by atoms with Crippen molar-refractivity contribution in [3.05, 3.63) is 0 Å². The highest BCUT2D eigenvalue weighted by Gasteiger charge is 2.28. The Kier molecular flexibility index (Phi) is 4.56. The lowest BCUT2D eigenvalue weighted by atomic mass is 10.3. The van der Waals surface area contributed by atoms with Gasteiger partial charge in [-0.2, -0.15) is 0 Å². The fourth-order valence-electron chi connectivity index (χ4n) is 1.78. The van der Waals surface area contributed by atoms with Gasteiger partial charge in [-0.15, -0.1) is 0 Å². The van der Waals surface area contributed by atoms with E-state index in [-0.39, 0.29) is 0 Å². The molecule has 0 radical (unpaired) electrons. The summed E-state index contributed by atoms with van der Waals surface area (Å²) in [5.41, 5.74) is 0. The molecule has 0 heterocycles. The first-order chi connectivity index (χ1) is 7.79. The van der Waals surface area contributed by atoms with Crippen LogP contribution in [0.2, 0.25) is 0 Å². The van der Waals surface area contributed by atoms with Gasteiger partial charge in [0.25, 0.3) is 5.24 Å². The lowest BCUT2D eigenvalue weighted by molar-refractivity contribution is 0.219. The van der Waals surface area contributed by atoms with Crippen LogP contribution in [0, 0.1) is 11.8 Å². The molecule has 2 saturated carbocycles. The molecule has 92 valence electrons. The molecule has 0 aromatic rings. The number of thioether (sulfide) groups is 1. The summed E-state index contributed by atoms with van der Waals surface area (Å²) < 4.78 is 0. The van der Waals surface area contributed by atoms with Gasteiger partial charge in [0.1, 0.15) is 0 Å². The first-order valence-corrected chi connectivity index (χ1v) is 7.70. The van der Waals surface area contributed by atoms with Crippen LogP contribution < -0.4 is 0 Å². The lowest BCUT2D eigenvalue weighted by Crippen LogP contribution is -2.31. The Hall–Kier alpha value is -0.180. The van der Waals surface area contributed by atoms with Crippen molar-refractivity contribution in [1.82, 2.24) is 4.90 Å². The number of hydrogen-bond donors (Lipinski definition) is 0. The molecule has 0 atom stereocenters. The highest BCUT2D eigenvalue weighted by atomic mass is 32.2. The zero-order valence-electron chi connectivity index (χ0n) is 10.3. The molecule has 2 aliphatic carbocycles. The fraction of sp³-hybridized carbons (Fsp3) is 0.923. The largest absolute Gasteiger partial charge is 0.333 e. The molecule has 0 aromatic carbocycles. The molecule has 0 N–H and O–H groups in total. The van der Waals surface area contributed by atoms with Crippen LogP contribution in [0.3, 0.4) is 0 Å². The van der Waals surface area contributed by atoms with Gasteiger partial charge in [0.15, 0.2) is 0 Å². The van der Waals surface area contributed by atoms with Crippen molar-refractivity contribution in [1.29, 1.82) is 0 Å². The maximum Gasteiger partial charge on any atom is 0.281 e. The first-order valence-electron chi connectivity index (χ1n) is 6.71. The predicted octanol–water partition coefficient (Wildman–Crippen LogP) is 3.76. The minimum absolute atomic E-state index is 0.340. The Morgan fingerprint density at radius 2 is 1.94 bits per heavy atom. The SMILES string of the molecule is CCCCN(CC1CC1)C(=O)SCC1CC1. The first kappa shape index (κ1) is 12.3. The number of carbonyl (C=O) groups excluding carboxylic acids is 1. The summed E-state index contributed by atoms with van der Waals surface area (Å²) >= 11 is 1.56. The zero-order valence-corrected chi connectivity index (χ0v) is 11.1. The average Bonchev–Trinajstić information content (AvgIpc) is 3.14. The minimum Gasteiger partial charge on any atom is -0.333 e. The second-order valence-corrected chi connectivity index (χ2v) is 6.23. The highest BCUT2D eigenvalue weighted by molar-refractivity contribution is 8.13. The van der Waals surface area contributed by atoms with E-state index in [1.807, 2.05) is 0 Å². The zero-order chi connectivity index (χ0) is 11.4. The van der Waals surface area contributed by atoms with Crippen LogP contribution in [0.15, 0.2) is 0 Å². The summed E-state index contributed by atoms with van der Waals surface area (Å²) in [6, 6.07) is 0. The number of amides is 1. The highest BCUT2D eigenvalue weighted by Crippen LogP contribution is 2.34. The normalized spacial score (nSPS) is 19.8. The third-order valence-electron chi connectivity index (χ3n) is 3.35. The van der Waals surface area contributed by atoms with E-state index in [0.717, 1.165) is 37.1 Å². The standard InChI is InChI=1S/C13H23NOS/c1-2-3-8-14(9-11-4-5-11)13(15)16-10-12-6-7-12/h11-12H,2-10H2,1H3. The van der Waals surface area contributed by atoms with Gasteiger partial charge in [-0.05, 0) is 43.9 Å². The second kappa shape index (κ2) is 5.95. The van der Waals surface area contributed by atoms with Gasteiger partial charge in [0.2, 0.25) is 0 Å². The van der Waals surface area contributed by atoms with Crippen molar-refractivity contribution in [2.45, 2.75) is 45.4 Å². The molecule has 3 heteroatoms. The molecule has 1 amide bonds. The van der Waals surface area contributed by atoms with E-state index in [9.17, 15) is 4.79 Å². The number of hydrogen-bond acceptors (Lipinski definition) is 2. The molecule has 0 aliphatic heterocycles. The summed E-state index contributed by atoms with van der Waals surface area (Å²) in [6.45, 7) is 4.19. The van der Waals surface area contributed by atoms with E-state index in [1.54, 1.807) is 11.8 Å². The van der Waals surface area contributed by atoms with Gasteiger partial charge in [-0.25, -0.2) is 0 Å². The Morgan fingerprint density at radius 3 is 2.50 bits per heavy atom. The molecule has 2 rings (SSSR count). The second-order valence-electron chi connectivity index (χ2n) is 5.26. The summed E-state index contributed by atoms with van der Waals surface area (Å²) in [4.78, 5) is 14.1. The monoisotopic (exact) mass is 241 g/mol. The van der Waals surface area contributed by atoms with Crippen molar-refractivity contribution in [2.75, 3.05) is 18.8 Å². The third-order valence-corrected chi connectivity index (χ3v) is 4.50. The van der Waals surface area contributed by atoms with Gasteiger partial charge < -0.3 is 4.90 Å². The molecular weight excluding hydrogens is 218 g/mol. The fourth-order valence-corrected chi connectivity index (χ4v) is 2.84. The Balaban J connectivity index is 1.70. The summed E-state index contributed by atoms with van der Waals surface area (Å²) in [7, 11) is 0. The number of nitrogens with zero attached hydrogens (tertiary/aromatic N) is 1. The number of carbonyl (C=O) groups is 1. The van der Waals surface area contributed by atoms with Crippen LogP contribution in [0.5, 0.6) is 0 Å². The molecule has 0 unspecified atom stereocenters. The molecule has 0 saturated heterocycles. The van der Waals surface area contributed by atoms with Crippen LogP contribution in [-0.4, -0.2) is 29.0 Å². The van der Waals surface area contributed by atoms with Crippen molar-refractivity contribution in [2.24, 2.45) is 11.8 Å². The van der Waals surface area contributed by atoms with E-state index >= 15 is 0 Å². The summed E-state index contributed by atoms with van der Waals surface area (Å²) in [5.74, 6) is 2.73. The summed E-state index contributed by atoms with van der Waals surface area (Å²) in [6.07, 6.45) is 7.70. The van der Waals surface area contributed by atoms with E-state index in [4.69, 9.17) is 0 Å². The Bertz CT molecular complexity index is 236. The molecule has 0 spiro atoms. The van der Waals surface area contributed by atoms with Gasteiger partial charge >= 0.3 is 0 Å². The predicted molar refractivity (Wildman–Crippen MR) is 69.8 cm³/mol. The van der Waals surface area contributed by atoms with Crippen molar-refractivity contribution >= 4 is 17.0 Å². The van der Waals surface area contributed by atoms with E-state index < -0.39 is 0 Å². The number of unbranched alkanes of at least 4 members (excludes halogenated alkanes) is 1. The Labute approximate surface area is 103 Å². The van der Waals surface area contributed by atoms with E-state index in [2.05, 4.69) is 11.8 Å². The molecule has 2 nitrogen and oxygen atoms in total. The quantitative estimate of drug-likeness (QED) is 0.676. The van der Waals surface area contributed by atoms with Crippen LogP contribution in [0.25, 0.3) is 0 Å². The smallest absolute Gasteiger partial charge is 0.281 e. The van der Waals surface area contributed by atoms with Crippen LogP contribution in [0.1, 0.15) is 45.4 Å². The van der Waals surface area contributed by atoms with Gasteiger partial charge in [-0.3, -0.25) is 4.79 Å². The van der Waals surface area contributed by atoms with Gasteiger partial charge in [-0.1, -0.05) is 25.1 Å². The topological polar surface area (TPSA) is 20.3 Å². The lowest BCUT2D eigenvalue weighted by Gasteiger charge is -2.21. The minimum atomic E-state index is 0.340. The number of rotatable bonds is 7. The van der Waals surface area contributed by atoms with Crippen LogP contribution >= 0.6 is 11.8 Å². The molecule has 0 bridgehead atoms. The van der Waals surface area contributed by atoms with Gasteiger partial charge in [0.05, 0.1) is 0 Å². The maximum atomic E-state index is 12.0. The molecule has 16 heavy (non-hydrogen) atoms. The van der Waals surface area contributed by atoms with E-state index in [1.165, 1.54) is 32.1 Å². The molecular formula is C13H23NOS. The maximum absolute atomic E-state index is 12.0. The van der Waals surface area contributed by atoms with Crippen LogP contribution in [-0.2, 0) is 0 Å². The average molecular weight is 241 g/mol. The van der Waals surface area contributed by atoms with E-state index in [0.29, 0.717) is 5.24 Å². The summed E-state index contributed by atoms with van der Waals surface area (Å²) in [5, 5.41) is 0.340. The van der Waals surface area contributed by atoms with Crippen molar-refractivity contribution in [3.63, 3.8) is 0 Å². The third kappa shape index (κ3) is 4.36. The molecule has 2 aliphatic rings. The van der Waals surface area contributed by atoms with Crippen LogP contribution in [0.4, 0.5) is 4.79 Å². The Morgan fingerprint density at radius 1 is 1.25 bits per heavy atom. The molecule has 0 aromatic heterocycles. The van der Waals surface area contributed by atoms with Crippen molar-refractivity contribution < 1.29 is 4.79 Å².